The van der Waals surface area contributed by atoms with Crippen molar-refractivity contribution >= 4 is 0 Å². The molecule has 18 heavy (non-hydrogen) atoms. The highest BCUT2D eigenvalue weighted by Gasteiger charge is 2.31. The molecule has 1 fully saturated rings. The number of nitrogens with one attached hydrogen (secondary N) is 1. The van der Waals surface area contributed by atoms with Gasteiger partial charge >= 0.3 is 0 Å². The Hall–Kier alpha value is -1.02. The van der Waals surface area contributed by atoms with Gasteiger partial charge in [0, 0.05) is 26.2 Å². The largest absolute Gasteiger partial charge is 0.373 e. The fraction of sp³-hybridized carbons (Fsp3) is 0.818. The highest BCUT2D eigenvalue weighted by atomic mass is 16.5. The standard InChI is InChI=1S/C11H22N6O/c1-8(2)17-4-5-18-10(7-17)11(14-12)9-6-13-15-16(9)3/h6,8,10-11,14H,4-5,7,12H2,1-3H3. The summed E-state index contributed by atoms with van der Waals surface area (Å²) in [6, 6.07) is 0.422. The Labute approximate surface area is 107 Å². The molecule has 2 heterocycles. The quantitative estimate of drug-likeness (QED) is 0.553. The Morgan fingerprint density at radius 3 is 2.89 bits per heavy atom. The van der Waals surface area contributed by atoms with Gasteiger partial charge in [0.1, 0.15) is 0 Å². The maximum atomic E-state index is 5.84. The van der Waals surface area contributed by atoms with Gasteiger partial charge in [-0.15, -0.1) is 5.10 Å². The SMILES string of the molecule is CC(C)N1CCOC(C(NN)c2cnnn2C)C1. The van der Waals surface area contributed by atoms with Crippen LogP contribution in [-0.2, 0) is 11.8 Å². The summed E-state index contributed by atoms with van der Waals surface area (Å²) in [5.74, 6) is 5.67. The molecule has 1 aromatic heterocycles. The van der Waals surface area contributed by atoms with Crippen LogP contribution >= 0.6 is 0 Å². The van der Waals surface area contributed by atoms with Crippen LogP contribution in [0.1, 0.15) is 25.6 Å². The lowest BCUT2D eigenvalue weighted by atomic mass is 10.1. The molecule has 0 bridgehead atoms. The molecule has 102 valence electrons. The number of aromatic nitrogens is 3. The van der Waals surface area contributed by atoms with E-state index >= 15 is 0 Å². The molecular formula is C11H22N6O. The third-order valence-corrected chi connectivity index (χ3v) is 3.47. The first-order valence-corrected chi connectivity index (χ1v) is 6.30. The summed E-state index contributed by atoms with van der Waals surface area (Å²) < 4.78 is 7.56. The van der Waals surface area contributed by atoms with Crippen molar-refractivity contribution in [3.8, 4) is 0 Å². The third kappa shape index (κ3) is 2.69. The Bertz CT molecular complexity index is 379. The molecule has 1 saturated heterocycles. The van der Waals surface area contributed by atoms with Crippen molar-refractivity contribution in [1.29, 1.82) is 0 Å². The molecule has 7 nitrogen and oxygen atoms in total. The van der Waals surface area contributed by atoms with Gasteiger partial charge in [-0.25, -0.2) is 5.43 Å². The van der Waals surface area contributed by atoms with Crippen molar-refractivity contribution in [2.24, 2.45) is 12.9 Å². The van der Waals surface area contributed by atoms with Crippen LogP contribution in [0.2, 0.25) is 0 Å². The summed E-state index contributed by atoms with van der Waals surface area (Å²) in [5.41, 5.74) is 3.76. The zero-order valence-corrected chi connectivity index (χ0v) is 11.2. The molecule has 0 aromatic carbocycles. The summed E-state index contributed by atoms with van der Waals surface area (Å²) in [5, 5.41) is 7.82. The van der Waals surface area contributed by atoms with Crippen molar-refractivity contribution < 1.29 is 4.74 Å². The number of aryl methyl sites for hydroxylation is 1. The molecule has 3 N–H and O–H groups in total. The average Bonchev–Trinajstić information content (AvgIpc) is 2.77. The lowest BCUT2D eigenvalue weighted by Crippen LogP contribution is -2.51. The smallest absolute Gasteiger partial charge is 0.0925 e. The second-order valence-corrected chi connectivity index (χ2v) is 4.92. The minimum atomic E-state index is -0.0912. The summed E-state index contributed by atoms with van der Waals surface area (Å²) in [7, 11) is 1.86. The Kier molecular flexibility index (Phi) is 4.28. The average molecular weight is 254 g/mol. The highest BCUT2D eigenvalue weighted by molar-refractivity contribution is 5.05. The first kappa shape index (κ1) is 13.4. The fourth-order valence-electron chi connectivity index (χ4n) is 2.33. The van der Waals surface area contributed by atoms with Crippen molar-refractivity contribution in [2.45, 2.75) is 32.0 Å². The maximum Gasteiger partial charge on any atom is 0.0925 e. The lowest BCUT2D eigenvalue weighted by molar-refractivity contribution is -0.0572. The topological polar surface area (TPSA) is 81.2 Å². The molecule has 2 rings (SSSR count). The van der Waals surface area contributed by atoms with Crippen LogP contribution in [0.4, 0.5) is 0 Å². The van der Waals surface area contributed by atoms with Gasteiger partial charge in [-0.1, -0.05) is 5.21 Å². The monoisotopic (exact) mass is 254 g/mol. The lowest BCUT2D eigenvalue weighted by Gasteiger charge is -2.38. The Balaban J connectivity index is 2.11. The molecule has 1 aliphatic heterocycles. The number of hydrazine groups is 1. The van der Waals surface area contributed by atoms with Gasteiger partial charge in [0.05, 0.1) is 30.6 Å². The van der Waals surface area contributed by atoms with Gasteiger partial charge in [0.25, 0.3) is 0 Å². The molecular weight excluding hydrogens is 232 g/mol. The van der Waals surface area contributed by atoms with Crippen molar-refractivity contribution in [3.63, 3.8) is 0 Å². The molecule has 1 aliphatic rings. The van der Waals surface area contributed by atoms with Crippen LogP contribution < -0.4 is 11.3 Å². The molecule has 7 heteroatoms. The van der Waals surface area contributed by atoms with E-state index in [-0.39, 0.29) is 12.1 Å². The van der Waals surface area contributed by atoms with Gasteiger partial charge in [-0.2, -0.15) is 0 Å². The van der Waals surface area contributed by atoms with E-state index in [1.54, 1.807) is 10.9 Å². The maximum absolute atomic E-state index is 5.84. The number of morpholine rings is 1. The van der Waals surface area contributed by atoms with E-state index in [4.69, 9.17) is 10.6 Å². The predicted octanol–water partition coefficient (Wildman–Crippen LogP) is -0.571. The van der Waals surface area contributed by atoms with Crippen LogP contribution in [0.5, 0.6) is 0 Å². The van der Waals surface area contributed by atoms with Crippen LogP contribution in [0.3, 0.4) is 0 Å². The molecule has 2 unspecified atom stereocenters. The second-order valence-electron chi connectivity index (χ2n) is 4.92. The Morgan fingerprint density at radius 1 is 1.56 bits per heavy atom. The highest BCUT2D eigenvalue weighted by Crippen LogP contribution is 2.21. The molecule has 0 saturated carbocycles. The van der Waals surface area contributed by atoms with E-state index in [1.807, 2.05) is 7.05 Å². The minimum Gasteiger partial charge on any atom is -0.373 e. The molecule has 1 aromatic rings. The van der Waals surface area contributed by atoms with Crippen molar-refractivity contribution in [3.05, 3.63) is 11.9 Å². The summed E-state index contributed by atoms with van der Waals surface area (Å²) in [6.07, 6.45) is 1.74. The predicted molar refractivity (Wildman–Crippen MR) is 67.5 cm³/mol. The first-order chi connectivity index (χ1) is 8.63. The van der Waals surface area contributed by atoms with E-state index < -0.39 is 0 Å². The Morgan fingerprint density at radius 2 is 2.33 bits per heavy atom. The van der Waals surface area contributed by atoms with E-state index in [1.165, 1.54) is 0 Å². The van der Waals surface area contributed by atoms with Gasteiger partial charge in [-0.05, 0) is 13.8 Å². The van der Waals surface area contributed by atoms with Crippen molar-refractivity contribution in [1.82, 2.24) is 25.3 Å². The van der Waals surface area contributed by atoms with Crippen LogP contribution in [0.25, 0.3) is 0 Å². The van der Waals surface area contributed by atoms with Crippen LogP contribution in [0.15, 0.2) is 6.20 Å². The first-order valence-electron chi connectivity index (χ1n) is 6.30. The van der Waals surface area contributed by atoms with E-state index in [2.05, 4.69) is 34.5 Å². The van der Waals surface area contributed by atoms with Gasteiger partial charge in [-0.3, -0.25) is 15.4 Å². The van der Waals surface area contributed by atoms with Gasteiger partial charge < -0.3 is 4.74 Å². The number of hydrogen-bond acceptors (Lipinski definition) is 6. The summed E-state index contributed by atoms with van der Waals surface area (Å²) in [4.78, 5) is 2.39. The van der Waals surface area contributed by atoms with Crippen LogP contribution in [-0.4, -0.2) is 51.7 Å². The van der Waals surface area contributed by atoms with Crippen LogP contribution in [0, 0.1) is 0 Å². The molecule has 0 radical (unpaired) electrons. The van der Waals surface area contributed by atoms with Gasteiger partial charge in [0.15, 0.2) is 0 Å². The number of nitrogens with two attached hydrogens (primary N) is 1. The van der Waals surface area contributed by atoms with E-state index in [0.717, 1.165) is 25.4 Å². The molecule has 0 aliphatic carbocycles. The molecule has 0 amide bonds. The van der Waals surface area contributed by atoms with E-state index in [9.17, 15) is 0 Å². The molecule has 2 atom stereocenters. The summed E-state index contributed by atoms with van der Waals surface area (Å²) >= 11 is 0. The number of hydrogen-bond donors (Lipinski definition) is 2. The van der Waals surface area contributed by atoms with E-state index in [0.29, 0.717) is 6.04 Å². The summed E-state index contributed by atoms with van der Waals surface area (Å²) in [6.45, 7) is 6.94. The zero-order valence-electron chi connectivity index (χ0n) is 11.2. The minimum absolute atomic E-state index is 0.0170. The fourth-order valence-corrected chi connectivity index (χ4v) is 2.33. The van der Waals surface area contributed by atoms with Crippen molar-refractivity contribution in [2.75, 3.05) is 19.7 Å². The normalized spacial score (nSPS) is 23.5. The number of ether oxygens (including phenoxy) is 1. The molecule has 0 spiro atoms. The zero-order chi connectivity index (χ0) is 13.1. The third-order valence-electron chi connectivity index (χ3n) is 3.47. The number of rotatable bonds is 4. The van der Waals surface area contributed by atoms with Gasteiger partial charge in [0.2, 0.25) is 0 Å². The second kappa shape index (κ2) is 5.75. The number of nitrogens with zero attached hydrogens (tertiary/aromatic N) is 4.